The van der Waals surface area contributed by atoms with Crippen molar-refractivity contribution in [1.29, 1.82) is 0 Å². The maximum Gasteiger partial charge on any atom is 0.168 e. The molecule has 0 aliphatic heterocycles. The molecule has 0 radical (unpaired) electrons. The number of pyridine rings is 1. The highest BCUT2D eigenvalue weighted by Gasteiger charge is 2.05. The molecule has 0 aromatic carbocycles. The Kier molecular flexibility index (Phi) is 3.81. The van der Waals surface area contributed by atoms with E-state index in [2.05, 4.69) is 16.2 Å². The van der Waals surface area contributed by atoms with E-state index in [0.29, 0.717) is 6.42 Å². The molecule has 1 heterocycles. The molecule has 0 amide bonds. The number of anilines is 1. The summed E-state index contributed by atoms with van der Waals surface area (Å²) in [7, 11) is 1.62. The molecule has 1 N–H and O–H groups in total. The number of aromatic nitrogens is 1. The summed E-state index contributed by atoms with van der Waals surface area (Å²) in [6, 6.07) is 3.89. The van der Waals surface area contributed by atoms with Gasteiger partial charge in [0.1, 0.15) is 0 Å². The largest absolute Gasteiger partial charge is 0.493 e. The van der Waals surface area contributed by atoms with E-state index in [0.717, 1.165) is 11.6 Å². The lowest BCUT2D eigenvalue weighted by atomic mass is 10.2. The minimum atomic E-state index is 0.198. The Balaban J connectivity index is 2.71. The van der Waals surface area contributed by atoms with Gasteiger partial charge in [-0.05, 0) is 19.1 Å². The van der Waals surface area contributed by atoms with Gasteiger partial charge >= 0.3 is 0 Å². The fourth-order valence-electron chi connectivity index (χ4n) is 1.12. The third-order valence-electron chi connectivity index (χ3n) is 1.80. The van der Waals surface area contributed by atoms with Gasteiger partial charge in [-0.3, -0.25) is 0 Å². The fourth-order valence-corrected chi connectivity index (χ4v) is 1.12. The second-order valence-electron chi connectivity index (χ2n) is 3.01. The van der Waals surface area contributed by atoms with Crippen LogP contribution in [0.3, 0.4) is 0 Å². The van der Waals surface area contributed by atoms with E-state index in [1.807, 2.05) is 19.1 Å². The third-order valence-corrected chi connectivity index (χ3v) is 1.80. The first kappa shape index (κ1) is 10.4. The van der Waals surface area contributed by atoms with Crippen molar-refractivity contribution in [2.24, 2.45) is 0 Å². The zero-order valence-corrected chi connectivity index (χ0v) is 8.45. The Morgan fingerprint density at radius 2 is 2.50 bits per heavy atom. The Morgan fingerprint density at radius 3 is 3.14 bits per heavy atom. The number of nitrogens with one attached hydrogen (secondary N) is 1. The van der Waals surface area contributed by atoms with Crippen LogP contribution in [0.5, 0.6) is 5.75 Å². The molecule has 1 rings (SSSR count). The molecule has 0 aliphatic rings. The maximum absolute atomic E-state index is 5.21. The van der Waals surface area contributed by atoms with E-state index in [1.165, 1.54) is 0 Å². The molecular formula is C11H14N2O. The zero-order valence-electron chi connectivity index (χ0n) is 8.45. The number of terminal acetylenes is 1. The van der Waals surface area contributed by atoms with Crippen molar-refractivity contribution >= 4 is 5.82 Å². The lowest BCUT2D eigenvalue weighted by Crippen LogP contribution is -2.15. The summed E-state index contributed by atoms with van der Waals surface area (Å²) in [6.45, 7) is 2.01. The van der Waals surface area contributed by atoms with Gasteiger partial charge in [0.2, 0.25) is 0 Å². The van der Waals surface area contributed by atoms with Crippen molar-refractivity contribution < 1.29 is 4.74 Å². The van der Waals surface area contributed by atoms with Gasteiger partial charge in [-0.2, -0.15) is 0 Å². The number of hydrogen-bond donors (Lipinski definition) is 1. The van der Waals surface area contributed by atoms with Gasteiger partial charge in [0.25, 0.3) is 0 Å². The van der Waals surface area contributed by atoms with Crippen LogP contribution in [0.2, 0.25) is 0 Å². The number of ether oxygens (including phenoxy) is 1. The molecule has 1 aromatic rings. The number of nitrogens with zero attached hydrogens (tertiary/aromatic N) is 1. The molecule has 0 saturated carbocycles. The predicted octanol–water partition coefficient (Wildman–Crippen LogP) is 1.91. The maximum atomic E-state index is 5.21. The second-order valence-corrected chi connectivity index (χ2v) is 3.01. The van der Waals surface area contributed by atoms with Crippen LogP contribution in [0, 0.1) is 12.3 Å². The topological polar surface area (TPSA) is 34.2 Å². The van der Waals surface area contributed by atoms with Gasteiger partial charge in [0.15, 0.2) is 11.6 Å². The summed E-state index contributed by atoms with van der Waals surface area (Å²) >= 11 is 0. The van der Waals surface area contributed by atoms with Gasteiger partial charge in [-0.25, -0.2) is 4.98 Å². The van der Waals surface area contributed by atoms with E-state index in [1.54, 1.807) is 13.3 Å². The Hall–Kier alpha value is -1.69. The molecule has 1 unspecified atom stereocenters. The Labute approximate surface area is 84.5 Å². The second kappa shape index (κ2) is 5.13. The molecule has 0 saturated heterocycles. The summed E-state index contributed by atoms with van der Waals surface area (Å²) in [5.41, 5.74) is 0. The van der Waals surface area contributed by atoms with Crippen molar-refractivity contribution in [3.63, 3.8) is 0 Å². The molecule has 74 valence electrons. The van der Waals surface area contributed by atoms with Crippen LogP contribution in [-0.4, -0.2) is 18.1 Å². The van der Waals surface area contributed by atoms with Crippen LogP contribution in [0.4, 0.5) is 5.82 Å². The summed E-state index contributed by atoms with van der Waals surface area (Å²) < 4.78 is 5.15. The van der Waals surface area contributed by atoms with Crippen LogP contribution in [-0.2, 0) is 0 Å². The van der Waals surface area contributed by atoms with E-state index >= 15 is 0 Å². The van der Waals surface area contributed by atoms with Gasteiger partial charge < -0.3 is 10.1 Å². The molecule has 1 aromatic heterocycles. The van der Waals surface area contributed by atoms with Crippen molar-refractivity contribution in [2.75, 3.05) is 12.4 Å². The van der Waals surface area contributed by atoms with Crippen LogP contribution in [0.1, 0.15) is 13.3 Å². The van der Waals surface area contributed by atoms with Crippen LogP contribution in [0.25, 0.3) is 0 Å². The van der Waals surface area contributed by atoms with Crippen molar-refractivity contribution in [2.45, 2.75) is 19.4 Å². The molecule has 0 bridgehead atoms. The summed E-state index contributed by atoms with van der Waals surface area (Å²) in [6.07, 6.45) is 7.59. The Morgan fingerprint density at radius 1 is 1.71 bits per heavy atom. The van der Waals surface area contributed by atoms with Crippen molar-refractivity contribution in [3.05, 3.63) is 18.3 Å². The smallest absolute Gasteiger partial charge is 0.168 e. The first-order valence-electron chi connectivity index (χ1n) is 4.47. The SMILES string of the molecule is C#CCC(C)Nc1ncccc1OC. The minimum Gasteiger partial charge on any atom is -0.493 e. The lowest BCUT2D eigenvalue weighted by molar-refractivity contribution is 0.414. The zero-order chi connectivity index (χ0) is 10.4. The van der Waals surface area contributed by atoms with E-state index in [-0.39, 0.29) is 6.04 Å². The molecular weight excluding hydrogens is 176 g/mol. The number of rotatable bonds is 4. The highest BCUT2D eigenvalue weighted by molar-refractivity contribution is 5.50. The highest BCUT2D eigenvalue weighted by Crippen LogP contribution is 2.20. The molecule has 14 heavy (non-hydrogen) atoms. The van der Waals surface area contributed by atoms with Gasteiger partial charge in [-0.15, -0.1) is 12.3 Å². The quantitative estimate of drug-likeness (QED) is 0.736. The molecule has 1 atom stereocenters. The van der Waals surface area contributed by atoms with E-state index in [4.69, 9.17) is 11.2 Å². The van der Waals surface area contributed by atoms with Gasteiger partial charge in [-0.1, -0.05) is 0 Å². The molecule has 3 nitrogen and oxygen atoms in total. The molecule has 0 spiro atoms. The summed E-state index contributed by atoms with van der Waals surface area (Å²) in [4.78, 5) is 4.17. The van der Waals surface area contributed by atoms with Gasteiger partial charge in [0, 0.05) is 18.7 Å². The molecule has 3 heteroatoms. The fraction of sp³-hybridized carbons (Fsp3) is 0.364. The Bertz CT molecular complexity index is 330. The number of methoxy groups -OCH3 is 1. The first-order valence-corrected chi connectivity index (χ1v) is 4.47. The van der Waals surface area contributed by atoms with Crippen LogP contribution in [0.15, 0.2) is 18.3 Å². The minimum absolute atomic E-state index is 0.198. The van der Waals surface area contributed by atoms with E-state index < -0.39 is 0 Å². The molecule has 0 fully saturated rings. The summed E-state index contributed by atoms with van der Waals surface area (Å²) in [5.74, 6) is 4.06. The molecule has 0 aliphatic carbocycles. The van der Waals surface area contributed by atoms with Crippen molar-refractivity contribution in [3.8, 4) is 18.1 Å². The van der Waals surface area contributed by atoms with E-state index in [9.17, 15) is 0 Å². The number of hydrogen-bond acceptors (Lipinski definition) is 3. The standard InChI is InChI=1S/C11H14N2O/c1-4-6-9(2)13-11-10(14-3)7-5-8-12-11/h1,5,7-9H,6H2,2-3H3,(H,12,13). The monoisotopic (exact) mass is 190 g/mol. The van der Waals surface area contributed by atoms with Crippen molar-refractivity contribution in [1.82, 2.24) is 4.98 Å². The summed E-state index contributed by atoms with van der Waals surface area (Å²) in [5, 5.41) is 3.18. The average Bonchev–Trinajstić information content (AvgIpc) is 2.19. The normalized spacial score (nSPS) is 11.5. The highest BCUT2D eigenvalue weighted by atomic mass is 16.5. The third kappa shape index (κ3) is 2.67. The average molecular weight is 190 g/mol. The van der Waals surface area contributed by atoms with Gasteiger partial charge in [0.05, 0.1) is 7.11 Å². The predicted molar refractivity (Wildman–Crippen MR) is 57.3 cm³/mol. The lowest BCUT2D eigenvalue weighted by Gasteiger charge is -2.13. The first-order chi connectivity index (χ1) is 6.77. The van der Waals surface area contributed by atoms with Crippen LogP contribution < -0.4 is 10.1 Å². The van der Waals surface area contributed by atoms with Crippen LogP contribution >= 0.6 is 0 Å².